The second-order valence-corrected chi connectivity index (χ2v) is 12.5. The standard InChI is InChI=1S/C36H15F15N8/c1-14-2-4-17(19(8-14)33(40,41)42)26-30(56-16-10-53-13-54-11-16)22-24(35(46,47)48)29-23(25(28(22)58-26)36(49,50)51)31(57-21-12-52-6-7-55-21)27(59-29)18-5-3-15(32(37,38)39)9-20(18)34(43,44)45/h2-13H,1H3. The summed E-state index contributed by atoms with van der Waals surface area (Å²) in [6.07, 6.45) is -22.8. The van der Waals surface area contributed by atoms with Gasteiger partial charge in [0.05, 0.1) is 68.8 Å². The van der Waals surface area contributed by atoms with Crippen molar-refractivity contribution < 1.29 is 65.9 Å². The summed E-state index contributed by atoms with van der Waals surface area (Å²) in [5, 5.41) is -5.91. The van der Waals surface area contributed by atoms with E-state index in [1.54, 1.807) is 0 Å². The van der Waals surface area contributed by atoms with E-state index in [1.807, 2.05) is 0 Å². The first-order valence-electron chi connectivity index (χ1n) is 16.1. The Hall–Kier alpha value is -6.55. The van der Waals surface area contributed by atoms with Gasteiger partial charge >= 0.3 is 30.9 Å². The molecule has 7 rings (SSSR count). The number of hydrogen-bond donors (Lipinski definition) is 0. The van der Waals surface area contributed by atoms with Crippen molar-refractivity contribution in [1.82, 2.24) is 29.9 Å². The molecule has 0 saturated heterocycles. The van der Waals surface area contributed by atoms with Crippen LogP contribution < -0.4 is 10.7 Å². The monoisotopic (exact) mass is 844 g/mol. The fraction of sp³-hybridized carbons (Fsp3) is 0.167. The van der Waals surface area contributed by atoms with Gasteiger partial charge in [0.25, 0.3) is 0 Å². The molecule has 0 aliphatic heterocycles. The summed E-state index contributed by atoms with van der Waals surface area (Å²) >= 11 is 0. The molecule has 0 aliphatic rings. The summed E-state index contributed by atoms with van der Waals surface area (Å²) in [6, 6.07) is 2.19. The van der Waals surface area contributed by atoms with Gasteiger partial charge in [0, 0.05) is 34.3 Å². The van der Waals surface area contributed by atoms with Crippen molar-refractivity contribution in [1.29, 1.82) is 0 Å². The third-order valence-corrected chi connectivity index (χ3v) is 8.59. The lowest BCUT2D eigenvalue weighted by Gasteiger charge is -2.15. The van der Waals surface area contributed by atoms with Crippen LogP contribution in [0.2, 0.25) is 0 Å². The maximum absolute atomic E-state index is 15.6. The van der Waals surface area contributed by atoms with Crippen LogP contribution in [0.4, 0.5) is 77.4 Å². The maximum atomic E-state index is 15.6. The van der Waals surface area contributed by atoms with E-state index in [9.17, 15) is 39.5 Å². The Bertz CT molecular complexity index is 2860. The van der Waals surface area contributed by atoms with E-state index in [1.165, 1.54) is 6.92 Å². The second-order valence-electron chi connectivity index (χ2n) is 12.5. The van der Waals surface area contributed by atoms with Crippen molar-refractivity contribution in [3.8, 4) is 22.5 Å². The fourth-order valence-electron chi connectivity index (χ4n) is 6.32. The van der Waals surface area contributed by atoms with Crippen LogP contribution in [-0.4, -0.2) is 29.9 Å². The van der Waals surface area contributed by atoms with Gasteiger partial charge in [-0.15, -0.1) is 0 Å². The third kappa shape index (κ3) is 7.51. The van der Waals surface area contributed by atoms with E-state index in [0.29, 0.717) is 6.07 Å². The summed E-state index contributed by atoms with van der Waals surface area (Å²) in [6.45, 7) is 1.23. The van der Waals surface area contributed by atoms with Crippen molar-refractivity contribution >= 4 is 33.3 Å². The first-order valence-corrected chi connectivity index (χ1v) is 16.1. The van der Waals surface area contributed by atoms with Gasteiger partial charge in [-0.25, -0.2) is 34.9 Å². The molecule has 0 saturated carbocycles. The minimum absolute atomic E-state index is 0.0219. The molecule has 8 nitrogen and oxygen atoms in total. The molecule has 23 heteroatoms. The van der Waals surface area contributed by atoms with Crippen molar-refractivity contribution in [2.45, 2.75) is 37.8 Å². The van der Waals surface area contributed by atoms with Crippen LogP contribution in [-0.2, 0) is 30.9 Å². The normalized spacial score (nSPS) is 14.0. The lowest BCUT2D eigenvalue weighted by Crippen LogP contribution is -2.18. The Kier molecular flexibility index (Phi) is 9.50. The quantitative estimate of drug-likeness (QED) is 0.164. The Morgan fingerprint density at radius 1 is 0.508 bits per heavy atom. The van der Waals surface area contributed by atoms with Crippen molar-refractivity contribution in [2.24, 2.45) is 9.98 Å². The van der Waals surface area contributed by atoms with E-state index in [-0.39, 0.29) is 17.7 Å². The molecule has 0 unspecified atom stereocenters. The van der Waals surface area contributed by atoms with Gasteiger partial charge in [-0.05, 0) is 25.1 Å². The molecular weight excluding hydrogens is 829 g/mol. The highest BCUT2D eigenvalue weighted by molar-refractivity contribution is 6.07. The molecule has 0 atom stereocenters. The predicted octanol–water partition coefficient (Wildman–Crippen LogP) is 10.4. The molecule has 0 bridgehead atoms. The molecule has 7 aromatic rings. The summed E-state index contributed by atoms with van der Waals surface area (Å²) in [4.78, 5) is 29.7. The van der Waals surface area contributed by atoms with Crippen LogP contribution in [0.15, 0.2) is 83.7 Å². The van der Waals surface area contributed by atoms with Crippen LogP contribution in [0.1, 0.15) is 33.4 Å². The molecule has 59 heavy (non-hydrogen) atoms. The highest BCUT2D eigenvalue weighted by Crippen LogP contribution is 2.48. The molecule has 4 aromatic heterocycles. The molecule has 0 fully saturated rings. The van der Waals surface area contributed by atoms with Gasteiger partial charge in [-0.3, -0.25) is 4.98 Å². The number of fused-ring (bicyclic) bond motifs is 2. The summed E-state index contributed by atoms with van der Waals surface area (Å²) < 4.78 is 222. The first-order chi connectivity index (χ1) is 27.4. The van der Waals surface area contributed by atoms with E-state index in [2.05, 4.69) is 39.9 Å². The number of halogens is 15. The smallest absolute Gasteiger partial charge is 0.259 e. The number of hydrogen-bond acceptors (Lipinski definition) is 8. The van der Waals surface area contributed by atoms with Crippen LogP contribution >= 0.6 is 0 Å². The maximum Gasteiger partial charge on any atom is 0.419 e. The van der Waals surface area contributed by atoms with Gasteiger partial charge in [0.1, 0.15) is 22.7 Å². The van der Waals surface area contributed by atoms with Crippen LogP contribution in [0.3, 0.4) is 0 Å². The summed E-state index contributed by atoms with van der Waals surface area (Å²) in [5.41, 5.74) is -18.9. The van der Waals surface area contributed by atoms with Crippen LogP contribution in [0.5, 0.6) is 0 Å². The number of rotatable bonds is 4. The number of nitrogens with zero attached hydrogens (tertiary/aromatic N) is 8. The minimum Gasteiger partial charge on any atom is -0.259 e. The Morgan fingerprint density at radius 3 is 1.49 bits per heavy atom. The topological polar surface area (TPSA) is 102 Å². The number of alkyl halides is 15. The average Bonchev–Trinajstić information content (AvgIpc) is 3.66. The van der Waals surface area contributed by atoms with Crippen molar-refractivity contribution in [2.75, 3.05) is 0 Å². The Labute approximate surface area is 317 Å². The minimum atomic E-state index is -5.86. The molecule has 0 radical (unpaired) electrons. The van der Waals surface area contributed by atoms with Gasteiger partial charge < -0.3 is 0 Å². The summed E-state index contributed by atoms with van der Waals surface area (Å²) in [7, 11) is 0. The second kappa shape index (κ2) is 13.8. The number of aryl methyl sites for hydroxylation is 1. The zero-order valence-electron chi connectivity index (χ0n) is 28.7. The zero-order chi connectivity index (χ0) is 43.0. The first kappa shape index (κ1) is 40.6. The predicted molar refractivity (Wildman–Crippen MR) is 175 cm³/mol. The van der Waals surface area contributed by atoms with E-state index < -0.39 is 131 Å². The average molecular weight is 845 g/mol. The third-order valence-electron chi connectivity index (χ3n) is 8.59. The largest absolute Gasteiger partial charge is 0.419 e. The lowest BCUT2D eigenvalue weighted by molar-refractivity contribution is -0.143. The van der Waals surface area contributed by atoms with E-state index >= 15 is 26.3 Å². The molecule has 0 spiro atoms. The molecule has 3 aromatic carbocycles. The highest BCUT2D eigenvalue weighted by Gasteiger charge is 2.47. The fourth-order valence-corrected chi connectivity index (χ4v) is 6.32. The van der Waals surface area contributed by atoms with Gasteiger partial charge in [-0.2, -0.15) is 65.9 Å². The molecule has 304 valence electrons. The highest BCUT2D eigenvalue weighted by atomic mass is 19.4. The van der Waals surface area contributed by atoms with E-state index in [4.69, 9.17) is 0 Å². The summed E-state index contributed by atoms with van der Waals surface area (Å²) in [5.74, 6) is -0.712. The van der Waals surface area contributed by atoms with Gasteiger partial charge in [0.15, 0.2) is 5.82 Å². The van der Waals surface area contributed by atoms with Crippen LogP contribution in [0.25, 0.3) is 44.3 Å². The zero-order valence-corrected chi connectivity index (χ0v) is 28.7. The SMILES string of the molecule is Cc1ccc(-c2nc3c(C(F)(F)F)c4c(=Nc5cnccn5)c(-c5ccc(C(F)(F)F)cc5C(F)(F)F)nc4c(C(F)(F)F)c3c2=Nc2cncnc2)c(C(F)(F)F)c1. The van der Waals surface area contributed by atoms with Gasteiger partial charge in [-0.1, -0.05) is 23.8 Å². The number of benzene rings is 3. The van der Waals surface area contributed by atoms with E-state index in [0.717, 1.165) is 49.4 Å². The molecule has 0 amide bonds. The lowest BCUT2D eigenvalue weighted by atomic mass is 9.96. The number of aromatic nitrogens is 6. The van der Waals surface area contributed by atoms with Crippen LogP contribution in [0, 0.1) is 6.92 Å². The van der Waals surface area contributed by atoms with Gasteiger partial charge in [0.2, 0.25) is 0 Å². The Balaban J connectivity index is 1.80. The van der Waals surface area contributed by atoms with Crippen molar-refractivity contribution in [3.63, 3.8) is 0 Å². The van der Waals surface area contributed by atoms with Crippen molar-refractivity contribution in [3.05, 3.63) is 118 Å². The Morgan fingerprint density at radius 2 is 1.02 bits per heavy atom. The molecule has 4 heterocycles. The molecule has 0 aliphatic carbocycles. The molecule has 0 N–H and O–H groups in total. The molecular formula is C36H15F15N8.